The maximum atomic E-state index is 13.7. The Balaban J connectivity index is 1.77. The molecule has 0 N–H and O–H groups in total. The van der Waals surface area contributed by atoms with Gasteiger partial charge in [-0.15, -0.1) is 0 Å². The molecule has 0 bridgehead atoms. The second-order valence-electron chi connectivity index (χ2n) is 6.33. The van der Waals surface area contributed by atoms with Gasteiger partial charge in [0.25, 0.3) is 0 Å². The fourth-order valence-corrected chi connectivity index (χ4v) is 2.59. The summed E-state index contributed by atoms with van der Waals surface area (Å²) in [5.74, 6) is 0.835. The molecule has 3 nitrogen and oxygen atoms in total. The topological polar surface area (TPSA) is 38.9 Å². The molecule has 0 radical (unpaired) electrons. The lowest BCUT2D eigenvalue weighted by Gasteiger charge is -2.19. The van der Waals surface area contributed by atoms with Gasteiger partial charge in [0.15, 0.2) is 5.82 Å². The molecule has 0 aliphatic carbocycles. The summed E-state index contributed by atoms with van der Waals surface area (Å²) >= 11 is 0. The van der Waals surface area contributed by atoms with Gasteiger partial charge in [-0.05, 0) is 23.6 Å². The Morgan fingerprint density at radius 1 is 1.00 bits per heavy atom. The van der Waals surface area contributed by atoms with Crippen LogP contribution in [0.3, 0.4) is 0 Å². The molecule has 23 heavy (non-hydrogen) atoms. The first-order valence-electron chi connectivity index (χ1n) is 7.65. The van der Waals surface area contributed by atoms with E-state index in [2.05, 4.69) is 36.1 Å². The highest BCUT2D eigenvalue weighted by Crippen LogP contribution is 2.26. The van der Waals surface area contributed by atoms with Crippen molar-refractivity contribution in [3.63, 3.8) is 0 Å². The van der Waals surface area contributed by atoms with Crippen molar-refractivity contribution in [2.75, 3.05) is 0 Å². The number of benzene rings is 2. The quantitative estimate of drug-likeness (QED) is 0.704. The van der Waals surface area contributed by atoms with E-state index in [0.717, 1.165) is 6.42 Å². The fraction of sp³-hybridized carbons (Fsp3) is 0.263. The van der Waals surface area contributed by atoms with E-state index in [4.69, 9.17) is 4.52 Å². The number of aromatic nitrogens is 2. The second-order valence-corrected chi connectivity index (χ2v) is 6.33. The van der Waals surface area contributed by atoms with E-state index < -0.39 is 0 Å². The van der Waals surface area contributed by atoms with Gasteiger partial charge < -0.3 is 4.52 Å². The molecule has 1 aromatic heterocycles. The van der Waals surface area contributed by atoms with Crippen LogP contribution in [0.1, 0.15) is 36.7 Å². The van der Waals surface area contributed by atoms with Crippen molar-refractivity contribution >= 4 is 0 Å². The maximum absolute atomic E-state index is 13.7. The largest absolute Gasteiger partial charge is 0.339 e. The highest BCUT2D eigenvalue weighted by atomic mass is 19.1. The minimum Gasteiger partial charge on any atom is -0.339 e. The van der Waals surface area contributed by atoms with Crippen LogP contribution in [0.4, 0.5) is 4.39 Å². The van der Waals surface area contributed by atoms with Crippen molar-refractivity contribution in [2.24, 2.45) is 0 Å². The zero-order chi connectivity index (χ0) is 16.3. The third kappa shape index (κ3) is 3.65. The monoisotopic (exact) mass is 310 g/mol. The first-order valence-corrected chi connectivity index (χ1v) is 7.65. The number of hydrogen-bond acceptors (Lipinski definition) is 3. The first-order chi connectivity index (χ1) is 11.0. The summed E-state index contributed by atoms with van der Waals surface area (Å²) in [5.41, 5.74) is 1.51. The van der Waals surface area contributed by atoms with E-state index in [1.54, 1.807) is 18.2 Å². The van der Waals surface area contributed by atoms with Crippen molar-refractivity contribution in [2.45, 2.75) is 32.1 Å². The molecule has 0 aliphatic heterocycles. The molecule has 0 amide bonds. The fourth-order valence-electron chi connectivity index (χ4n) is 2.59. The number of nitrogens with zero attached hydrogens (tertiary/aromatic N) is 2. The highest BCUT2D eigenvalue weighted by molar-refractivity contribution is 5.22. The van der Waals surface area contributed by atoms with E-state index in [9.17, 15) is 4.39 Å². The van der Waals surface area contributed by atoms with Gasteiger partial charge in [-0.2, -0.15) is 4.98 Å². The molecule has 0 fully saturated rings. The summed E-state index contributed by atoms with van der Waals surface area (Å²) in [4.78, 5) is 4.47. The van der Waals surface area contributed by atoms with Gasteiger partial charge in [-0.1, -0.05) is 67.5 Å². The molecule has 2 aromatic carbocycles. The molecule has 0 spiro atoms. The first kappa shape index (κ1) is 15.4. The van der Waals surface area contributed by atoms with Crippen LogP contribution in [-0.4, -0.2) is 10.1 Å². The maximum Gasteiger partial charge on any atom is 0.232 e. The summed E-state index contributed by atoms with van der Waals surface area (Å²) in [6, 6.07) is 16.8. The van der Waals surface area contributed by atoms with Crippen molar-refractivity contribution in [1.82, 2.24) is 10.1 Å². The Kier molecular flexibility index (Phi) is 4.24. The van der Waals surface area contributed by atoms with Gasteiger partial charge in [-0.3, -0.25) is 0 Å². The molecule has 3 aromatic rings. The third-order valence-corrected chi connectivity index (χ3v) is 3.84. The van der Waals surface area contributed by atoms with Crippen LogP contribution in [0.15, 0.2) is 59.1 Å². The van der Waals surface area contributed by atoms with Gasteiger partial charge in [0.1, 0.15) is 5.82 Å². The molecule has 1 heterocycles. The Bertz CT molecular complexity index is 781. The predicted molar refractivity (Wildman–Crippen MR) is 86.7 cm³/mol. The molecule has 0 saturated carbocycles. The molecular weight excluding hydrogens is 291 g/mol. The third-order valence-electron chi connectivity index (χ3n) is 3.84. The number of rotatable bonds is 5. The summed E-state index contributed by atoms with van der Waals surface area (Å²) in [5, 5.41) is 4.01. The lowest BCUT2D eigenvalue weighted by Crippen LogP contribution is -2.21. The van der Waals surface area contributed by atoms with Crippen molar-refractivity contribution in [3.05, 3.63) is 83.3 Å². The molecule has 3 rings (SSSR count). The molecule has 0 unspecified atom stereocenters. The van der Waals surface area contributed by atoms with Crippen LogP contribution in [0.2, 0.25) is 0 Å². The van der Waals surface area contributed by atoms with Gasteiger partial charge in [0.05, 0.1) is 0 Å². The second kappa shape index (κ2) is 6.32. The molecule has 0 atom stereocenters. The van der Waals surface area contributed by atoms with E-state index in [1.165, 1.54) is 11.6 Å². The number of halogens is 1. The van der Waals surface area contributed by atoms with E-state index in [0.29, 0.717) is 23.7 Å². The highest BCUT2D eigenvalue weighted by Gasteiger charge is 2.28. The minimum atomic E-state index is -0.276. The van der Waals surface area contributed by atoms with Crippen LogP contribution < -0.4 is 0 Å². The van der Waals surface area contributed by atoms with Gasteiger partial charge in [-0.25, -0.2) is 4.39 Å². The lowest BCUT2D eigenvalue weighted by molar-refractivity contribution is 0.304. The lowest BCUT2D eigenvalue weighted by atomic mass is 9.85. The predicted octanol–water partition coefficient (Wildman–Crippen LogP) is 4.32. The summed E-state index contributed by atoms with van der Waals surface area (Å²) < 4.78 is 19.1. The van der Waals surface area contributed by atoms with Crippen molar-refractivity contribution in [3.8, 4) is 0 Å². The smallest absolute Gasteiger partial charge is 0.232 e. The van der Waals surface area contributed by atoms with Gasteiger partial charge >= 0.3 is 0 Å². The Morgan fingerprint density at radius 2 is 1.70 bits per heavy atom. The molecule has 0 saturated heterocycles. The normalized spacial score (nSPS) is 11.6. The minimum absolute atomic E-state index is 0.248. The number of hydrogen-bond donors (Lipinski definition) is 0. The van der Waals surface area contributed by atoms with Crippen LogP contribution in [0.25, 0.3) is 0 Å². The van der Waals surface area contributed by atoms with Gasteiger partial charge in [0, 0.05) is 11.8 Å². The molecule has 4 heteroatoms. The van der Waals surface area contributed by atoms with Crippen LogP contribution in [0.5, 0.6) is 0 Å². The van der Waals surface area contributed by atoms with Crippen LogP contribution in [-0.2, 0) is 18.3 Å². The van der Waals surface area contributed by atoms with E-state index >= 15 is 0 Å². The van der Waals surface area contributed by atoms with Crippen molar-refractivity contribution < 1.29 is 8.91 Å². The Morgan fingerprint density at radius 3 is 2.43 bits per heavy atom. The zero-order valence-corrected chi connectivity index (χ0v) is 13.3. The Hall–Kier alpha value is -2.49. The van der Waals surface area contributed by atoms with E-state index in [1.807, 2.05) is 18.2 Å². The SMILES string of the molecule is CC(C)(Cc1ccccc1)c1nc(Cc2ccccc2F)no1. The summed E-state index contributed by atoms with van der Waals surface area (Å²) in [6.07, 6.45) is 1.13. The molecule has 118 valence electrons. The zero-order valence-electron chi connectivity index (χ0n) is 13.3. The summed E-state index contributed by atoms with van der Waals surface area (Å²) in [7, 11) is 0. The summed E-state index contributed by atoms with van der Waals surface area (Å²) in [6.45, 7) is 4.14. The average Bonchev–Trinajstić information content (AvgIpc) is 3.00. The Labute approximate surface area is 135 Å². The van der Waals surface area contributed by atoms with Crippen LogP contribution >= 0.6 is 0 Å². The van der Waals surface area contributed by atoms with Crippen LogP contribution in [0, 0.1) is 5.82 Å². The molecule has 0 aliphatic rings. The van der Waals surface area contributed by atoms with Crippen molar-refractivity contribution in [1.29, 1.82) is 0 Å². The standard InChI is InChI=1S/C19H19FN2O/c1-19(2,13-14-8-4-3-5-9-14)18-21-17(22-23-18)12-15-10-6-7-11-16(15)20/h3-11H,12-13H2,1-2H3. The van der Waals surface area contributed by atoms with Gasteiger partial charge in [0.2, 0.25) is 5.89 Å². The van der Waals surface area contributed by atoms with E-state index in [-0.39, 0.29) is 11.2 Å². The molecular formula is C19H19FN2O. The average molecular weight is 310 g/mol.